The van der Waals surface area contributed by atoms with Crippen LogP contribution in [-0.2, 0) is 0 Å². The largest absolute Gasteiger partial charge is 0.307 e. The van der Waals surface area contributed by atoms with Gasteiger partial charge in [0.05, 0.1) is 5.56 Å². The summed E-state index contributed by atoms with van der Waals surface area (Å²) in [4.78, 5) is 18.3. The number of aromatic nitrogens is 1. The number of pyridine rings is 1. The summed E-state index contributed by atoms with van der Waals surface area (Å²) in [5, 5.41) is 2.80. The van der Waals surface area contributed by atoms with E-state index in [1.165, 1.54) is 0 Å². The zero-order valence-corrected chi connectivity index (χ0v) is 10.9. The smallest absolute Gasteiger partial charge is 0.257 e. The predicted octanol–water partition coefficient (Wildman–Crippen LogP) is 3.32. The highest BCUT2D eigenvalue weighted by atomic mass is 32.1. The minimum atomic E-state index is -0.0943. The van der Waals surface area contributed by atoms with Gasteiger partial charge in [-0.1, -0.05) is 6.07 Å². The lowest BCUT2D eigenvalue weighted by molar-refractivity contribution is 0.102. The van der Waals surface area contributed by atoms with E-state index >= 15 is 0 Å². The summed E-state index contributed by atoms with van der Waals surface area (Å²) in [6.45, 7) is 5.92. The van der Waals surface area contributed by atoms with Crippen molar-refractivity contribution in [3.05, 3.63) is 45.3 Å². The summed E-state index contributed by atoms with van der Waals surface area (Å²) in [5.41, 5.74) is 1.81. The molecule has 0 bridgehead atoms. The Labute approximate surface area is 105 Å². The number of rotatable bonds is 2. The highest BCUT2D eigenvalue weighted by Gasteiger charge is 2.12. The topological polar surface area (TPSA) is 42.0 Å². The van der Waals surface area contributed by atoms with E-state index in [1.807, 2.05) is 39.0 Å². The van der Waals surface area contributed by atoms with Crippen molar-refractivity contribution >= 4 is 23.1 Å². The molecule has 2 aromatic heterocycles. The fraction of sp³-hybridized carbons (Fsp3) is 0.231. The van der Waals surface area contributed by atoms with E-state index in [9.17, 15) is 4.79 Å². The number of thiophene rings is 1. The molecule has 1 N–H and O–H groups in total. The SMILES string of the molecule is Cc1ccc(NC(=O)c2cc(C)sc2C)nc1. The summed E-state index contributed by atoms with van der Waals surface area (Å²) in [7, 11) is 0. The van der Waals surface area contributed by atoms with Crippen molar-refractivity contribution in [3.63, 3.8) is 0 Å². The van der Waals surface area contributed by atoms with Crippen molar-refractivity contribution < 1.29 is 4.79 Å². The Bertz CT molecular complexity index is 543. The molecular formula is C13H14N2OS. The average molecular weight is 246 g/mol. The van der Waals surface area contributed by atoms with Crippen LogP contribution in [-0.4, -0.2) is 10.9 Å². The quantitative estimate of drug-likeness (QED) is 0.883. The first-order valence-corrected chi connectivity index (χ1v) is 6.19. The third-order valence-corrected chi connectivity index (χ3v) is 3.40. The van der Waals surface area contributed by atoms with Crippen LogP contribution in [0.5, 0.6) is 0 Å². The van der Waals surface area contributed by atoms with Gasteiger partial charge in [0.25, 0.3) is 5.91 Å². The highest BCUT2D eigenvalue weighted by Crippen LogP contribution is 2.21. The number of hydrogen-bond acceptors (Lipinski definition) is 3. The van der Waals surface area contributed by atoms with Gasteiger partial charge in [0.1, 0.15) is 5.82 Å². The molecule has 1 amide bonds. The molecule has 0 spiro atoms. The molecule has 2 aromatic rings. The average Bonchev–Trinajstić information content (AvgIpc) is 2.61. The Morgan fingerprint density at radius 2 is 2.06 bits per heavy atom. The molecule has 0 saturated carbocycles. The van der Waals surface area contributed by atoms with Gasteiger partial charge in [-0.2, -0.15) is 0 Å². The van der Waals surface area contributed by atoms with Gasteiger partial charge < -0.3 is 5.32 Å². The number of aryl methyl sites for hydroxylation is 3. The summed E-state index contributed by atoms with van der Waals surface area (Å²) in [6.07, 6.45) is 1.74. The lowest BCUT2D eigenvalue weighted by Gasteiger charge is -2.03. The Morgan fingerprint density at radius 3 is 2.59 bits per heavy atom. The first kappa shape index (κ1) is 11.8. The van der Waals surface area contributed by atoms with Gasteiger partial charge in [0.15, 0.2) is 0 Å². The van der Waals surface area contributed by atoms with E-state index in [-0.39, 0.29) is 5.91 Å². The molecule has 0 radical (unpaired) electrons. The Balaban J connectivity index is 2.17. The number of carbonyl (C=O) groups excluding carboxylic acids is 1. The maximum absolute atomic E-state index is 12.0. The predicted molar refractivity (Wildman–Crippen MR) is 70.7 cm³/mol. The van der Waals surface area contributed by atoms with Crippen LogP contribution in [0, 0.1) is 20.8 Å². The standard InChI is InChI=1S/C13H14N2OS/c1-8-4-5-12(14-7-8)15-13(16)11-6-9(2)17-10(11)3/h4-7H,1-3H3,(H,14,15,16). The number of amides is 1. The first-order valence-electron chi connectivity index (χ1n) is 5.37. The van der Waals surface area contributed by atoms with Crippen molar-refractivity contribution in [2.45, 2.75) is 20.8 Å². The number of anilines is 1. The molecule has 2 heterocycles. The van der Waals surface area contributed by atoms with E-state index in [4.69, 9.17) is 0 Å². The molecule has 0 aliphatic rings. The molecule has 88 valence electrons. The van der Waals surface area contributed by atoms with Crippen molar-refractivity contribution in [1.29, 1.82) is 0 Å². The molecule has 4 heteroatoms. The molecule has 3 nitrogen and oxygen atoms in total. The van der Waals surface area contributed by atoms with Gasteiger partial charge in [-0.05, 0) is 38.5 Å². The third kappa shape index (κ3) is 2.71. The number of nitrogens with zero attached hydrogens (tertiary/aromatic N) is 1. The monoisotopic (exact) mass is 246 g/mol. The van der Waals surface area contributed by atoms with E-state index < -0.39 is 0 Å². The Morgan fingerprint density at radius 1 is 1.29 bits per heavy atom. The summed E-state index contributed by atoms with van der Waals surface area (Å²) in [6, 6.07) is 5.64. The molecular weight excluding hydrogens is 232 g/mol. The second-order valence-electron chi connectivity index (χ2n) is 4.00. The van der Waals surface area contributed by atoms with Crippen molar-refractivity contribution in [3.8, 4) is 0 Å². The summed E-state index contributed by atoms with van der Waals surface area (Å²) >= 11 is 1.63. The number of nitrogens with one attached hydrogen (secondary N) is 1. The lowest BCUT2D eigenvalue weighted by Crippen LogP contribution is -2.12. The maximum Gasteiger partial charge on any atom is 0.257 e. The normalized spacial score (nSPS) is 10.3. The highest BCUT2D eigenvalue weighted by molar-refractivity contribution is 7.12. The number of hydrogen-bond donors (Lipinski definition) is 1. The van der Waals surface area contributed by atoms with E-state index in [1.54, 1.807) is 17.5 Å². The van der Waals surface area contributed by atoms with Crippen LogP contribution in [0.2, 0.25) is 0 Å². The van der Waals surface area contributed by atoms with E-state index in [0.717, 1.165) is 20.9 Å². The summed E-state index contributed by atoms with van der Waals surface area (Å²) < 4.78 is 0. The Hall–Kier alpha value is -1.68. The van der Waals surface area contributed by atoms with Gasteiger partial charge in [-0.3, -0.25) is 4.79 Å². The van der Waals surface area contributed by atoms with E-state index in [2.05, 4.69) is 10.3 Å². The second kappa shape index (κ2) is 4.67. The van der Waals surface area contributed by atoms with Crippen LogP contribution in [0.25, 0.3) is 0 Å². The molecule has 0 atom stereocenters. The zero-order chi connectivity index (χ0) is 12.4. The van der Waals surface area contributed by atoms with Crippen LogP contribution >= 0.6 is 11.3 Å². The van der Waals surface area contributed by atoms with Crippen molar-refractivity contribution in [2.24, 2.45) is 0 Å². The van der Waals surface area contributed by atoms with Crippen molar-refractivity contribution in [2.75, 3.05) is 5.32 Å². The maximum atomic E-state index is 12.0. The van der Waals surface area contributed by atoms with Crippen LogP contribution in [0.15, 0.2) is 24.4 Å². The summed E-state index contributed by atoms with van der Waals surface area (Å²) in [5.74, 6) is 0.493. The molecule has 2 rings (SSSR count). The van der Waals surface area contributed by atoms with E-state index in [0.29, 0.717) is 5.82 Å². The van der Waals surface area contributed by atoms with Crippen LogP contribution in [0.4, 0.5) is 5.82 Å². The molecule has 17 heavy (non-hydrogen) atoms. The van der Waals surface area contributed by atoms with Crippen LogP contribution < -0.4 is 5.32 Å². The molecule has 0 unspecified atom stereocenters. The second-order valence-corrected chi connectivity index (χ2v) is 5.46. The van der Waals surface area contributed by atoms with Gasteiger partial charge >= 0.3 is 0 Å². The molecule has 0 fully saturated rings. The van der Waals surface area contributed by atoms with Crippen molar-refractivity contribution in [1.82, 2.24) is 4.98 Å². The third-order valence-electron chi connectivity index (χ3n) is 2.44. The van der Waals surface area contributed by atoms with Gasteiger partial charge in [0.2, 0.25) is 0 Å². The fourth-order valence-corrected chi connectivity index (χ4v) is 2.50. The first-order chi connectivity index (χ1) is 8.06. The van der Waals surface area contributed by atoms with Crippen LogP contribution in [0.3, 0.4) is 0 Å². The van der Waals surface area contributed by atoms with Gasteiger partial charge in [0, 0.05) is 16.0 Å². The minimum Gasteiger partial charge on any atom is -0.307 e. The Kier molecular flexibility index (Phi) is 3.24. The zero-order valence-electron chi connectivity index (χ0n) is 10.1. The molecule has 0 aliphatic heterocycles. The molecule has 0 saturated heterocycles. The number of carbonyl (C=O) groups is 1. The van der Waals surface area contributed by atoms with Gasteiger partial charge in [-0.25, -0.2) is 4.98 Å². The van der Waals surface area contributed by atoms with Gasteiger partial charge in [-0.15, -0.1) is 11.3 Å². The molecule has 0 aromatic carbocycles. The van der Waals surface area contributed by atoms with Crippen LogP contribution in [0.1, 0.15) is 25.7 Å². The molecule has 0 aliphatic carbocycles. The fourth-order valence-electron chi connectivity index (χ4n) is 1.58. The minimum absolute atomic E-state index is 0.0943. The lowest BCUT2D eigenvalue weighted by atomic mass is 10.2.